The van der Waals surface area contributed by atoms with Crippen LogP contribution in [0.2, 0.25) is 0 Å². The van der Waals surface area contributed by atoms with Crippen molar-refractivity contribution in [3.63, 3.8) is 0 Å². The van der Waals surface area contributed by atoms with Crippen LogP contribution in [0.15, 0.2) is 18.3 Å². The molecule has 0 saturated carbocycles. The van der Waals surface area contributed by atoms with Gasteiger partial charge in [0.1, 0.15) is 0 Å². The zero-order chi connectivity index (χ0) is 11.8. The van der Waals surface area contributed by atoms with E-state index in [1.807, 2.05) is 0 Å². The summed E-state index contributed by atoms with van der Waals surface area (Å²) >= 11 is 0. The van der Waals surface area contributed by atoms with Gasteiger partial charge in [-0.15, -0.1) is 0 Å². The van der Waals surface area contributed by atoms with E-state index < -0.39 is 0 Å². The van der Waals surface area contributed by atoms with Crippen molar-refractivity contribution >= 4 is 0 Å². The van der Waals surface area contributed by atoms with Gasteiger partial charge in [0.05, 0.1) is 0 Å². The molecule has 0 radical (unpaired) electrons. The Morgan fingerprint density at radius 3 is 2.88 bits per heavy atom. The fourth-order valence-electron chi connectivity index (χ4n) is 1.96. The lowest BCUT2D eigenvalue weighted by Crippen LogP contribution is -2.24. The largest absolute Gasteiger partial charge is 0.396 e. The molecule has 92 valence electrons. The smallest absolute Gasteiger partial charge is 0.0434 e. The zero-order valence-electron chi connectivity index (χ0n) is 10.4. The van der Waals surface area contributed by atoms with Gasteiger partial charge in [0, 0.05) is 31.6 Å². The van der Waals surface area contributed by atoms with Gasteiger partial charge in [0.25, 0.3) is 0 Å². The van der Waals surface area contributed by atoms with Crippen molar-refractivity contribution in [1.82, 2.24) is 9.88 Å². The van der Waals surface area contributed by atoms with Crippen molar-refractivity contribution in [3.05, 3.63) is 24.0 Å². The monoisotopic (exact) mass is 224 g/mol. The first-order chi connectivity index (χ1) is 7.81. The second-order valence-corrected chi connectivity index (χ2v) is 4.20. The quantitative estimate of drug-likeness (QED) is 0.709. The van der Waals surface area contributed by atoms with Gasteiger partial charge in [-0.1, -0.05) is 13.3 Å². The van der Waals surface area contributed by atoms with Crippen LogP contribution >= 0.6 is 0 Å². The van der Waals surface area contributed by atoms with E-state index in [-0.39, 0.29) is 0 Å². The van der Waals surface area contributed by atoms with Crippen molar-refractivity contribution in [1.29, 1.82) is 0 Å². The van der Waals surface area contributed by atoms with Crippen LogP contribution < -0.4 is 5.32 Å². The Bertz CT molecular complexity index is 283. The first-order valence-electron chi connectivity index (χ1n) is 6.27. The molecule has 16 heavy (non-hydrogen) atoms. The van der Waals surface area contributed by atoms with Gasteiger partial charge < -0.3 is 15.0 Å². The fourth-order valence-corrected chi connectivity index (χ4v) is 1.96. The van der Waals surface area contributed by atoms with E-state index in [0.717, 1.165) is 32.5 Å². The van der Waals surface area contributed by atoms with E-state index >= 15 is 0 Å². The lowest BCUT2D eigenvalue weighted by atomic mass is 10.0. The molecule has 1 rings (SSSR count). The molecular weight excluding hydrogens is 200 g/mol. The van der Waals surface area contributed by atoms with Crippen LogP contribution in [-0.2, 0) is 13.1 Å². The van der Waals surface area contributed by atoms with Gasteiger partial charge in [-0.2, -0.15) is 0 Å². The Balaban J connectivity index is 2.29. The number of hydrogen-bond acceptors (Lipinski definition) is 2. The molecule has 1 heterocycles. The van der Waals surface area contributed by atoms with Crippen LogP contribution in [0.3, 0.4) is 0 Å². The number of nitrogens with zero attached hydrogens (tertiary/aromatic N) is 1. The summed E-state index contributed by atoms with van der Waals surface area (Å²) in [5.74, 6) is 0.593. The third-order valence-corrected chi connectivity index (χ3v) is 3.12. The van der Waals surface area contributed by atoms with Crippen molar-refractivity contribution in [2.24, 2.45) is 5.92 Å². The first-order valence-corrected chi connectivity index (χ1v) is 6.27. The van der Waals surface area contributed by atoms with Crippen LogP contribution in [-0.4, -0.2) is 22.8 Å². The maximum absolute atomic E-state index is 8.90. The molecule has 0 aliphatic carbocycles. The molecule has 0 fully saturated rings. The second-order valence-electron chi connectivity index (χ2n) is 4.20. The van der Waals surface area contributed by atoms with Crippen LogP contribution in [0.5, 0.6) is 0 Å². The van der Waals surface area contributed by atoms with Gasteiger partial charge in [-0.05, 0) is 37.9 Å². The summed E-state index contributed by atoms with van der Waals surface area (Å²) in [5, 5.41) is 12.4. The minimum absolute atomic E-state index is 0.297. The van der Waals surface area contributed by atoms with E-state index in [4.69, 9.17) is 5.11 Å². The highest BCUT2D eigenvalue weighted by atomic mass is 16.3. The Kier molecular flexibility index (Phi) is 6.19. The van der Waals surface area contributed by atoms with Gasteiger partial charge >= 0.3 is 0 Å². The van der Waals surface area contributed by atoms with E-state index in [2.05, 4.69) is 42.1 Å². The molecule has 2 N–H and O–H groups in total. The Morgan fingerprint density at radius 1 is 1.44 bits per heavy atom. The van der Waals surface area contributed by atoms with E-state index in [0.29, 0.717) is 12.5 Å². The highest BCUT2D eigenvalue weighted by molar-refractivity contribution is 5.06. The third kappa shape index (κ3) is 3.99. The second kappa shape index (κ2) is 7.47. The summed E-state index contributed by atoms with van der Waals surface area (Å²) in [5.41, 5.74) is 1.33. The number of aliphatic hydroxyl groups excluding tert-OH is 1. The molecule has 0 bridgehead atoms. The highest BCUT2D eigenvalue weighted by Gasteiger charge is 2.05. The van der Waals surface area contributed by atoms with E-state index in [9.17, 15) is 0 Å². The average molecular weight is 224 g/mol. The van der Waals surface area contributed by atoms with Gasteiger partial charge in [-0.25, -0.2) is 0 Å². The molecule has 0 saturated heterocycles. The SMILES string of the molecule is CCC(CCO)CNCc1cccn1CC. The number of nitrogens with one attached hydrogen (secondary N) is 1. The molecule has 1 unspecified atom stereocenters. The Labute approximate surface area is 98.5 Å². The predicted molar refractivity (Wildman–Crippen MR) is 67.3 cm³/mol. The Morgan fingerprint density at radius 2 is 2.25 bits per heavy atom. The van der Waals surface area contributed by atoms with Gasteiger partial charge in [-0.3, -0.25) is 0 Å². The lowest BCUT2D eigenvalue weighted by molar-refractivity contribution is 0.251. The maximum atomic E-state index is 8.90. The van der Waals surface area contributed by atoms with E-state index in [1.165, 1.54) is 5.69 Å². The zero-order valence-corrected chi connectivity index (χ0v) is 10.4. The topological polar surface area (TPSA) is 37.2 Å². The molecule has 1 atom stereocenters. The average Bonchev–Trinajstić information content (AvgIpc) is 2.75. The fraction of sp³-hybridized carbons (Fsp3) is 0.692. The van der Waals surface area contributed by atoms with Crippen molar-refractivity contribution in [2.45, 2.75) is 39.8 Å². The number of aliphatic hydroxyl groups is 1. The summed E-state index contributed by atoms with van der Waals surface area (Å²) < 4.78 is 2.25. The molecule has 0 aliphatic heterocycles. The molecule has 3 nitrogen and oxygen atoms in total. The van der Waals surface area contributed by atoms with Crippen LogP contribution in [0.25, 0.3) is 0 Å². The maximum Gasteiger partial charge on any atom is 0.0434 e. The molecule has 1 aromatic rings. The lowest BCUT2D eigenvalue weighted by Gasteiger charge is -2.15. The highest BCUT2D eigenvalue weighted by Crippen LogP contribution is 2.07. The van der Waals surface area contributed by atoms with Crippen LogP contribution in [0.4, 0.5) is 0 Å². The molecular formula is C13H24N2O. The van der Waals surface area contributed by atoms with Crippen LogP contribution in [0.1, 0.15) is 32.4 Å². The minimum Gasteiger partial charge on any atom is -0.396 e. The molecule has 1 aromatic heterocycles. The Hall–Kier alpha value is -0.800. The van der Waals surface area contributed by atoms with Crippen molar-refractivity contribution in [2.75, 3.05) is 13.2 Å². The van der Waals surface area contributed by atoms with Crippen molar-refractivity contribution in [3.8, 4) is 0 Å². The predicted octanol–water partition coefficient (Wildman–Crippen LogP) is 2.01. The standard InChI is InChI=1S/C13H24N2O/c1-3-12(7-9-16)10-14-11-13-6-5-8-15(13)4-2/h5-6,8,12,14,16H,3-4,7,9-11H2,1-2H3. The van der Waals surface area contributed by atoms with E-state index in [1.54, 1.807) is 0 Å². The minimum atomic E-state index is 0.297. The summed E-state index contributed by atoms with van der Waals surface area (Å²) in [4.78, 5) is 0. The van der Waals surface area contributed by atoms with Gasteiger partial charge in [0.15, 0.2) is 0 Å². The number of aromatic nitrogens is 1. The summed E-state index contributed by atoms with van der Waals surface area (Å²) in [6.07, 6.45) is 4.14. The number of hydrogen-bond donors (Lipinski definition) is 2. The molecule has 0 amide bonds. The normalized spacial score (nSPS) is 12.9. The van der Waals surface area contributed by atoms with Crippen LogP contribution in [0, 0.1) is 5.92 Å². The number of rotatable bonds is 8. The molecule has 0 aromatic carbocycles. The molecule has 3 heteroatoms. The molecule has 0 spiro atoms. The first kappa shape index (κ1) is 13.3. The number of aryl methyl sites for hydroxylation is 1. The summed E-state index contributed by atoms with van der Waals surface area (Å²) in [6, 6.07) is 4.25. The van der Waals surface area contributed by atoms with Gasteiger partial charge in [0.2, 0.25) is 0 Å². The third-order valence-electron chi connectivity index (χ3n) is 3.12. The molecule has 0 aliphatic rings. The summed E-state index contributed by atoms with van der Waals surface area (Å²) in [7, 11) is 0. The van der Waals surface area contributed by atoms with Crippen molar-refractivity contribution < 1.29 is 5.11 Å². The summed E-state index contributed by atoms with van der Waals surface area (Å²) in [6.45, 7) is 7.57.